The first-order valence-electron chi connectivity index (χ1n) is 9.32. The molecule has 0 aliphatic carbocycles. The van der Waals surface area contributed by atoms with E-state index in [1.165, 1.54) is 0 Å². The van der Waals surface area contributed by atoms with E-state index in [1.54, 1.807) is 24.3 Å². The number of amides is 3. The number of benzene rings is 2. The van der Waals surface area contributed by atoms with Gasteiger partial charge in [0.15, 0.2) is 0 Å². The minimum absolute atomic E-state index is 0.0519. The average Bonchev–Trinajstić information content (AvgIpc) is 2.69. The molecule has 3 amide bonds. The summed E-state index contributed by atoms with van der Waals surface area (Å²) in [5.74, 6) is 0.561. The number of piperidine rings is 1. The van der Waals surface area contributed by atoms with Crippen LogP contribution in [0.15, 0.2) is 54.6 Å². The Hall–Kier alpha value is -2.86. The van der Waals surface area contributed by atoms with Crippen molar-refractivity contribution in [2.75, 3.05) is 37.3 Å². The number of hydrogen-bond donors (Lipinski definition) is 3. The summed E-state index contributed by atoms with van der Waals surface area (Å²) in [5.41, 5.74) is 2.02. The van der Waals surface area contributed by atoms with E-state index in [0.29, 0.717) is 17.2 Å². The van der Waals surface area contributed by atoms with Crippen LogP contribution in [0.1, 0.15) is 23.2 Å². The quantitative estimate of drug-likeness (QED) is 0.759. The molecule has 2 aromatic carbocycles. The lowest BCUT2D eigenvalue weighted by Gasteiger charge is -2.32. The minimum Gasteiger partial charge on any atom is -0.338 e. The summed E-state index contributed by atoms with van der Waals surface area (Å²) in [7, 11) is 1.94. The SMILES string of the molecule is CNCC1CCCN(C(=O)c2ccc(NC(=O)Nc3ccccc3)cc2)C1. The van der Waals surface area contributed by atoms with Gasteiger partial charge in [0.2, 0.25) is 0 Å². The van der Waals surface area contributed by atoms with Crippen LogP contribution < -0.4 is 16.0 Å². The molecule has 142 valence electrons. The van der Waals surface area contributed by atoms with Crippen LogP contribution in [-0.4, -0.2) is 43.5 Å². The molecule has 1 heterocycles. The molecule has 0 radical (unpaired) electrons. The van der Waals surface area contributed by atoms with E-state index in [1.807, 2.05) is 42.3 Å². The molecule has 6 nitrogen and oxygen atoms in total. The van der Waals surface area contributed by atoms with E-state index in [4.69, 9.17) is 0 Å². The van der Waals surface area contributed by atoms with Gasteiger partial charge >= 0.3 is 6.03 Å². The normalized spacial score (nSPS) is 16.6. The van der Waals surface area contributed by atoms with Gasteiger partial charge in [0.25, 0.3) is 5.91 Å². The first-order valence-corrected chi connectivity index (χ1v) is 9.32. The Morgan fingerprint density at radius 1 is 1.00 bits per heavy atom. The third-order valence-electron chi connectivity index (χ3n) is 4.72. The number of urea groups is 1. The van der Waals surface area contributed by atoms with Crippen LogP contribution in [0.3, 0.4) is 0 Å². The summed E-state index contributed by atoms with van der Waals surface area (Å²) in [6.45, 7) is 2.53. The molecule has 2 aromatic rings. The number of nitrogens with zero attached hydrogens (tertiary/aromatic N) is 1. The Bertz CT molecular complexity index is 760. The van der Waals surface area contributed by atoms with Crippen LogP contribution in [0.25, 0.3) is 0 Å². The van der Waals surface area contributed by atoms with Crippen molar-refractivity contribution in [3.8, 4) is 0 Å². The number of hydrogen-bond acceptors (Lipinski definition) is 3. The van der Waals surface area contributed by atoms with E-state index >= 15 is 0 Å². The molecule has 1 unspecified atom stereocenters. The molecular weight excluding hydrogens is 340 g/mol. The fourth-order valence-corrected chi connectivity index (χ4v) is 3.40. The number of rotatable bonds is 5. The monoisotopic (exact) mass is 366 g/mol. The van der Waals surface area contributed by atoms with Crippen molar-refractivity contribution in [2.24, 2.45) is 5.92 Å². The topological polar surface area (TPSA) is 73.5 Å². The zero-order chi connectivity index (χ0) is 19.1. The Labute approximate surface area is 159 Å². The summed E-state index contributed by atoms with van der Waals surface area (Å²) in [6.07, 6.45) is 2.20. The first kappa shape index (κ1) is 18.9. The standard InChI is InChI=1S/C21H26N4O2/c1-22-14-16-6-5-13-25(15-16)20(26)17-9-11-19(12-10-17)24-21(27)23-18-7-3-2-4-8-18/h2-4,7-12,16,22H,5-6,13-15H2,1H3,(H2,23,24,27). The number of likely N-dealkylation sites (tertiary alicyclic amines) is 1. The van der Waals surface area contributed by atoms with Gasteiger partial charge in [-0.2, -0.15) is 0 Å². The van der Waals surface area contributed by atoms with Crippen molar-refractivity contribution in [3.63, 3.8) is 0 Å². The highest BCUT2D eigenvalue weighted by Gasteiger charge is 2.24. The molecule has 0 spiro atoms. The molecule has 6 heteroatoms. The summed E-state index contributed by atoms with van der Waals surface area (Å²) in [6, 6.07) is 16.0. The molecule has 3 N–H and O–H groups in total. The lowest BCUT2D eigenvalue weighted by molar-refractivity contribution is 0.0674. The maximum Gasteiger partial charge on any atom is 0.323 e. The third-order valence-corrected chi connectivity index (χ3v) is 4.72. The van der Waals surface area contributed by atoms with Crippen molar-refractivity contribution < 1.29 is 9.59 Å². The van der Waals surface area contributed by atoms with Crippen LogP contribution in [0.4, 0.5) is 16.2 Å². The highest BCUT2D eigenvalue weighted by atomic mass is 16.2. The number of nitrogens with one attached hydrogen (secondary N) is 3. The molecule has 27 heavy (non-hydrogen) atoms. The number of carbonyl (C=O) groups excluding carboxylic acids is 2. The highest BCUT2D eigenvalue weighted by Crippen LogP contribution is 2.19. The van der Waals surface area contributed by atoms with Crippen molar-refractivity contribution >= 4 is 23.3 Å². The third kappa shape index (κ3) is 5.31. The maximum atomic E-state index is 12.7. The molecule has 0 saturated carbocycles. The van der Waals surface area contributed by atoms with Gasteiger partial charge < -0.3 is 20.9 Å². The summed E-state index contributed by atoms with van der Waals surface area (Å²) < 4.78 is 0. The Kier molecular flexibility index (Phi) is 6.44. The molecular formula is C21H26N4O2. The molecule has 1 saturated heterocycles. The van der Waals surface area contributed by atoms with Crippen LogP contribution in [0, 0.1) is 5.92 Å². The predicted octanol–water partition coefficient (Wildman–Crippen LogP) is 3.40. The summed E-state index contributed by atoms with van der Waals surface area (Å²) in [5, 5.41) is 8.74. The minimum atomic E-state index is -0.314. The number of para-hydroxylation sites is 1. The van der Waals surface area contributed by atoms with E-state index < -0.39 is 0 Å². The second kappa shape index (κ2) is 9.19. The molecule has 1 aliphatic heterocycles. The van der Waals surface area contributed by atoms with Gasteiger partial charge in [-0.05, 0) is 68.8 Å². The van der Waals surface area contributed by atoms with Crippen molar-refractivity contribution in [2.45, 2.75) is 12.8 Å². The van der Waals surface area contributed by atoms with Gasteiger partial charge in [-0.3, -0.25) is 4.79 Å². The summed E-state index contributed by atoms with van der Waals surface area (Å²) >= 11 is 0. The predicted molar refractivity (Wildman–Crippen MR) is 108 cm³/mol. The lowest BCUT2D eigenvalue weighted by Crippen LogP contribution is -2.42. The molecule has 1 atom stereocenters. The fourth-order valence-electron chi connectivity index (χ4n) is 3.40. The fraction of sp³-hybridized carbons (Fsp3) is 0.333. The second-order valence-corrected chi connectivity index (χ2v) is 6.84. The average molecular weight is 366 g/mol. The molecule has 1 fully saturated rings. The summed E-state index contributed by atoms with van der Waals surface area (Å²) in [4.78, 5) is 26.7. The van der Waals surface area contributed by atoms with Gasteiger partial charge in [0, 0.05) is 30.0 Å². The van der Waals surface area contributed by atoms with Crippen molar-refractivity contribution in [3.05, 3.63) is 60.2 Å². The molecule has 0 bridgehead atoms. The number of carbonyl (C=O) groups is 2. The largest absolute Gasteiger partial charge is 0.338 e. The van der Waals surface area contributed by atoms with E-state index in [-0.39, 0.29) is 11.9 Å². The van der Waals surface area contributed by atoms with Crippen molar-refractivity contribution in [1.29, 1.82) is 0 Å². The zero-order valence-corrected chi connectivity index (χ0v) is 15.6. The van der Waals surface area contributed by atoms with Gasteiger partial charge in [-0.25, -0.2) is 4.79 Å². The first-order chi connectivity index (χ1) is 13.2. The number of anilines is 2. The zero-order valence-electron chi connectivity index (χ0n) is 15.6. The Morgan fingerprint density at radius 2 is 1.67 bits per heavy atom. The molecule has 0 aromatic heterocycles. The van der Waals surface area contributed by atoms with E-state index in [0.717, 1.165) is 38.2 Å². The van der Waals surface area contributed by atoms with Crippen LogP contribution in [0.5, 0.6) is 0 Å². The Balaban J connectivity index is 1.56. The van der Waals surface area contributed by atoms with Crippen LogP contribution in [0.2, 0.25) is 0 Å². The maximum absolute atomic E-state index is 12.7. The second-order valence-electron chi connectivity index (χ2n) is 6.84. The Morgan fingerprint density at radius 3 is 2.33 bits per heavy atom. The smallest absolute Gasteiger partial charge is 0.323 e. The molecule has 3 rings (SSSR count). The van der Waals surface area contributed by atoms with Gasteiger partial charge in [-0.1, -0.05) is 18.2 Å². The van der Waals surface area contributed by atoms with E-state index in [2.05, 4.69) is 16.0 Å². The highest BCUT2D eigenvalue weighted by molar-refractivity contribution is 6.00. The van der Waals surface area contributed by atoms with Gasteiger partial charge in [-0.15, -0.1) is 0 Å². The van der Waals surface area contributed by atoms with E-state index in [9.17, 15) is 9.59 Å². The van der Waals surface area contributed by atoms with Crippen LogP contribution >= 0.6 is 0 Å². The lowest BCUT2D eigenvalue weighted by atomic mass is 9.97. The molecule has 1 aliphatic rings. The van der Waals surface area contributed by atoms with Gasteiger partial charge in [0.05, 0.1) is 0 Å². The van der Waals surface area contributed by atoms with Gasteiger partial charge in [0.1, 0.15) is 0 Å². The van der Waals surface area contributed by atoms with Crippen LogP contribution in [-0.2, 0) is 0 Å². The van der Waals surface area contributed by atoms with Crippen molar-refractivity contribution in [1.82, 2.24) is 10.2 Å².